The second kappa shape index (κ2) is 11.0. The van der Waals surface area contributed by atoms with Crippen molar-refractivity contribution in [1.82, 2.24) is 14.5 Å². The van der Waals surface area contributed by atoms with Gasteiger partial charge in [-0.3, -0.25) is 9.47 Å². The number of nitrogen functional groups attached to an aromatic ring is 1. The van der Waals surface area contributed by atoms with Crippen molar-refractivity contribution in [3.8, 4) is 11.1 Å². The van der Waals surface area contributed by atoms with Gasteiger partial charge in [-0.05, 0) is 59.2 Å². The zero-order valence-electron chi connectivity index (χ0n) is 25.0. The van der Waals surface area contributed by atoms with Gasteiger partial charge in [-0.2, -0.15) is 4.98 Å². The van der Waals surface area contributed by atoms with Crippen molar-refractivity contribution in [2.75, 3.05) is 43.2 Å². The number of nitrogens with zero attached hydrogens (tertiary/aromatic N) is 4. The van der Waals surface area contributed by atoms with E-state index in [4.69, 9.17) is 15.2 Å². The van der Waals surface area contributed by atoms with Gasteiger partial charge >= 0.3 is 11.8 Å². The molecule has 226 valence electrons. The summed E-state index contributed by atoms with van der Waals surface area (Å²) in [5.41, 5.74) is 6.73. The second-order valence-electron chi connectivity index (χ2n) is 12.1. The van der Waals surface area contributed by atoms with Gasteiger partial charge in [0.2, 0.25) is 0 Å². The highest BCUT2D eigenvalue weighted by Crippen LogP contribution is 2.47. The molecule has 0 unspecified atom stereocenters. The van der Waals surface area contributed by atoms with Crippen LogP contribution < -0.4 is 16.3 Å². The summed E-state index contributed by atoms with van der Waals surface area (Å²) in [6, 6.07) is 3.27. The molecule has 0 radical (unpaired) electrons. The number of amides is 1. The van der Waals surface area contributed by atoms with E-state index in [-0.39, 0.29) is 35.5 Å². The van der Waals surface area contributed by atoms with E-state index in [0.29, 0.717) is 47.2 Å². The maximum absolute atomic E-state index is 15.2. The van der Waals surface area contributed by atoms with Crippen molar-refractivity contribution in [1.29, 1.82) is 0 Å². The Hall–Kier alpha value is -3.38. The molecule has 3 heterocycles. The van der Waals surface area contributed by atoms with Crippen molar-refractivity contribution in [3.63, 3.8) is 0 Å². The minimum atomic E-state index is -0.826. The first-order chi connectivity index (χ1) is 19.7. The van der Waals surface area contributed by atoms with E-state index in [2.05, 4.69) is 4.98 Å². The molecular formula is C30H37F2N5O4S. The fourth-order valence-electron chi connectivity index (χ4n) is 6.04. The third-order valence-corrected chi connectivity index (χ3v) is 8.90. The van der Waals surface area contributed by atoms with Gasteiger partial charge in [0.05, 0.1) is 35.9 Å². The van der Waals surface area contributed by atoms with Crippen molar-refractivity contribution in [2.24, 2.45) is 0 Å². The average molecular weight is 602 g/mol. The molecule has 1 amide bonds. The van der Waals surface area contributed by atoms with Crippen LogP contribution >= 0.6 is 11.8 Å². The monoisotopic (exact) mass is 601 g/mol. The van der Waals surface area contributed by atoms with Crippen LogP contribution in [0.3, 0.4) is 0 Å². The molecule has 0 bridgehead atoms. The van der Waals surface area contributed by atoms with Crippen LogP contribution in [0.5, 0.6) is 0 Å². The number of methoxy groups -OCH3 is 1. The summed E-state index contributed by atoms with van der Waals surface area (Å²) >= 11 is 1.50. The van der Waals surface area contributed by atoms with E-state index >= 15 is 4.39 Å². The molecule has 1 fully saturated rings. The number of hydrogen-bond donors (Lipinski definition) is 1. The van der Waals surface area contributed by atoms with Crippen LogP contribution in [-0.2, 0) is 9.47 Å². The quantitative estimate of drug-likeness (QED) is 0.399. The van der Waals surface area contributed by atoms with E-state index in [1.807, 2.05) is 52.5 Å². The zero-order chi connectivity index (χ0) is 30.7. The minimum Gasteiger partial charge on any atom is -0.444 e. The predicted molar refractivity (Wildman–Crippen MR) is 161 cm³/mol. The fraction of sp³-hybridized carbons (Fsp3) is 0.500. The third-order valence-electron chi connectivity index (χ3n) is 7.66. The topological polar surface area (TPSA) is 103 Å². The Morgan fingerprint density at radius 1 is 1.14 bits per heavy atom. The van der Waals surface area contributed by atoms with Crippen molar-refractivity contribution in [2.45, 2.75) is 70.2 Å². The highest BCUT2D eigenvalue weighted by molar-refractivity contribution is 7.99. The molecule has 5 rings (SSSR count). The number of halogens is 2. The van der Waals surface area contributed by atoms with Crippen molar-refractivity contribution >= 4 is 40.3 Å². The Morgan fingerprint density at radius 3 is 2.43 bits per heavy atom. The number of carbonyl (C=O) groups excluding carboxylic acids is 1. The molecule has 42 heavy (non-hydrogen) atoms. The molecule has 2 N–H and O–H groups in total. The first-order valence-electron chi connectivity index (χ1n) is 13.9. The number of piperazine rings is 1. The predicted octanol–water partition coefficient (Wildman–Crippen LogP) is 5.36. The highest BCUT2D eigenvalue weighted by Gasteiger charge is 2.38. The van der Waals surface area contributed by atoms with Gasteiger partial charge in [0.15, 0.2) is 0 Å². The first kappa shape index (κ1) is 30.1. The van der Waals surface area contributed by atoms with Crippen molar-refractivity contribution in [3.05, 3.63) is 45.9 Å². The molecule has 2 aromatic carbocycles. The number of ether oxygens (including phenoxy) is 2. The lowest BCUT2D eigenvalue weighted by atomic mass is 9.96. The van der Waals surface area contributed by atoms with E-state index in [1.165, 1.54) is 17.8 Å². The van der Waals surface area contributed by atoms with Crippen molar-refractivity contribution < 1.29 is 23.0 Å². The lowest BCUT2D eigenvalue weighted by molar-refractivity contribution is 0.00561. The third kappa shape index (κ3) is 5.30. The van der Waals surface area contributed by atoms with Crippen LogP contribution in [0.25, 0.3) is 22.0 Å². The number of benzene rings is 2. The minimum absolute atomic E-state index is 0.158. The van der Waals surface area contributed by atoms with Gasteiger partial charge in [0.25, 0.3) is 0 Å². The summed E-state index contributed by atoms with van der Waals surface area (Å²) in [4.78, 5) is 35.8. The SMILES string of the molecule is COC[C@H]1CSc2c(-c3cc(N)c(F)cc3F)c(C)cc3c(N4C[C@@H](C)N(C(=O)OC(C)(C)C)[C@@H](C)C4)nc(=O)n1c23. The van der Waals surface area contributed by atoms with E-state index in [0.717, 1.165) is 17.0 Å². The Balaban J connectivity index is 1.68. The Labute approximate surface area is 248 Å². The Morgan fingerprint density at radius 2 is 1.81 bits per heavy atom. The number of aryl methyl sites for hydroxylation is 1. The molecule has 3 aromatic rings. The molecule has 12 heteroatoms. The van der Waals surface area contributed by atoms with E-state index < -0.39 is 22.9 Å². The lowest BCUT2D eigenvalue weighted by Gasteiger charge is -2.45. The molecular weight excluding hydrogens is 564 g/mol. The molecule has 0 spiro atoms. The first-order valence-corrected chi connectivity index (χ1v) is 14.9. The molecule has 3 atom stereocenters. The smallest absolute Gasteiger partial charge is 0.410 e. The number of anilines is 2. The second-order valence-corrected chi connectivity index (χ2v) is 13.2. The normalized spacial score (nSPS) is 20.7. The summed E-state index contributed by atoms with van der Waals surface area (Å²) in [6.07, 6.45) is -0.382. The summed E-state index contributed by atoms with van der Waals surface area (Å²) in [5, 5.41) is 0.736. The highest BCUT2D eigenvalue weighted by atomic mass is 32.2. The van der Waals surface area contributed by atoms with Crippen LogP contribution in [0.2, 0.25) is 0 Å². The number of hydrogen-bond acceptors (Lipinski definition) is 8. The summed E-state index contributed by atoms with van der Waals surface area (Å²) < 4.78 is 42.0. The average Bonchev–Trinajstić information content (AvgIpc) is 2.87. The number of nitrogens with two attached hydrogens (primary N) is 1. The van der Waals surface area contributed by atoms with Gasteiger partial charge in [-0.25, -0.2) is 18.4 Å². The van der Waals surface area contributed by atoms with Gasteiger partial charge in [-0.15, -0.1) is 11.8 Å². The molecule has 2 aliphatic rings. The summed E-state index contributed by atoms with van der Waals surface area (Å²) in [6.45, 7) is 12.4. The van der Waals surface area contributed by atoms with Gasteiger partial charge in [-0.1, -0.05) is 0 Å². The maximum atomic E-state index is 15.2. The molecule has 2 aliphatic heterocycles. The molecule has 9 nitrogen and oxygen atoms in total. The number of rotatable bonds is 4. The van der Waals surface area contributed by atoms with Crippen LogP contribution in [0.1, 0.15) is 46.2 Å². The van der Waals surface area contributed by atoms with Gasteiger partial charge in [0.1, 0.15) is 23.1 Å². The number of carbonyl (C=O) groups is 1. The number of thioether (sulfide) groups is 1. The standard InChI is InChI=1S/C30H37F2N5O4S/c1-15-8-20-25-26(24(15)19-9-23(33)22(32)10-21(19)31)42-14-18(13-40-7)37(25)28(38)34-27(20)35-11-16(2)36(17(3)12-35)29(39)41-30(4,5)6/h8-10,16-18H,11-14,33H2,1-7H3/t16-,17+,18-/m0/s1. The fourth-order valence-corrected chi connectivity index (χ4v) is 7.40. The van der Waals surface area contributed by atoms with Crippen LogP contribution in [-0.4, -0.2) is 70.8 Å². The van der Waals surface area contributed by atoms with Crippen LogP contribution in [0.15, 0.2) is 27.9 Å². The van der Waals surface area contributed by atoms with Gasteiger partial charge < -0.3 is 20.1 Å². The molecule has 0 aliphatic carbocycles. The largest absolute Gasteiger partial charge is 0.444 e. The maximum Gasteiger partial charge on any atom is 0.410 e. The summed E-state index contributed by atoms with van der Waals surface area (Å²) in [5.74, 6) is -0.547. The molecule has 1 saturated heterocycles. The van der Waals surface area contributed by atoms with Crippen LogP contribution in [0.4, 0.5) is 25.1 Å². The Kier molecular flexibility index (Phi) is 7.90. The zero-order valence-corrected chi connectivity index (χ0v) is 25.8. The van der Waals surface area contributed by atoms with Crippen LogP contribution in [0, 0.1) is 18.6 Å². The summed E-state index contributed by atoms with van der Waals surface area (Å²) in [7, 11) is 1.58. The molecule has 0 saturated carbocycles. The lowest BCUT2D eigenvalue weighted by Crippen LogP contribution is -2.60. The van der Waals surface area contributed by atoms with E-state index in [9.17, 15) is 14.0 Å². The Bertz CT molecular complexity index is 1610. The van der Waals surface area contributed by atoms with E-state index in [1.54, 1.807) is 16.6 Å². The molecule has 1 aromatic heterocycles. The number of aromatic nitrogens is 2. The van der Waals surface area contributed by atoms with Gasteiger partial charge in [0, 0.05) is 53.4 Å².